The van der Waals surface area contributed by atoms with Crippen molar-refractivity contribution in [2.75, 3.05) is 13.1 Å². The second-order valence-electron chi connectivity index (χ2n) is 6.96. The molecule has 0 bridgehead atoms. The van der Waals surface area contributed by atoms with Crippen molar-refractivity contribution in [3.8, 4) is 0 Å². The summed E-state index contributed by atoms with van der Waals surface area (Å²) in [6.07, 6.45) is 2.15. The minimum Gasteiger partial charge on any atom is -0.340 e. The van der Waals surface area contributed by atoms with Crippen molar-refractivity contribution in [3.05, 3.63) is 86.8 Å². The van der Waals surface area contributed by atoms with Crippen LogP contribution in [0, 0.1) is 0 Å². The molecule has 0 aliphatic carbocycles. The molecule has 0 radical (unpaired) electrons. The molecular weight excluding hydrogens is 390 g/mol. The highest BCUT2D eigenvalue weighted by Gasteiger charge is 2.22. The summed E-state index contributed by atoms with van der Waals surface area (Å²) in [6, 6.07) is 17.3. The minimum atomic E-state index is -0.255. The van der Waals surface area contributed by atoms with E-state index in [2.05, 4.69) is 15.6 Å². The molecule has 1 unspecified atom stereocenters. The fourth-order valence-electron chi connectivity index (χ4n) is 3.51. The predicted molar refractivity (Wildman–Crippen MR) is 114 cm³/mol. The summed E-state index contributed by atoms with van der Waals surface area (Å²) in [5, 5.41) is 10.1. The lowest BCUT2D eigenvalue weighted by atomic mass is 9.98. The SMILES string of the molecule is O=C(NC(c1ccccc1)c1ccc(Cl)cc1)c1csc(C2CCNCC2)n1. The van der Waals surface area contributed by atoms with Crippen LogP contribution in [0.1, 0.15) is 51.4 Å². The molecule has 0 saturated carbocycles. The topological polar surface area (TPSA) is 54.0 Å². The molecule has 1 atom stereocenters. The summed E-state index contributed by atoms with van der Waals surface area (Å²) in [4.78, 5) is 17.6. The summed E-state index contributed by atoms with van der Waals surface area (Å²) in [5.41, 5.74) is 2.50. The molecule has 1 saturated heterocycles. The van der Waals surface area contributed by atoms with Crippen molar-refractivity contribution in [3.63, 3.8) is 0 Å². The van der Waals surface area contributed by atoms with Gasteiger partial charge in [0, 0.05) is 16.3 Å². The molecule has 1 aromatic heterocycles. The fourth-order valence-corrected chi connectivity index (χ4v) is 4.61. The number of thiazole rings is 1. The van der Waals surface area contributed by atoms with Crippen molar-refractivity contribution in [2.45, 2.75) is 24.8 Å². The summed E-state index contributed by atoms with van der Waals surface area (Å²) in [7, 11) is 0. The number of amides is 1. The Kier molecular flexibility index (Phi) is 6.05. The average Bonchev–Trinajstić information content (AvgIpc) is 3.24. The van der Waals surface area contributed by atoms with Gasteiger partial charge in [0.05, 0.1) is 11.0 Å². The Morgan fingerprint density at radius 1 is 1.07 bits per heavy atom. The van der Waals surface area contributed by atoms with Crippen molar-refractivity contribution < 1.29 is 4.79 Å². The van der Waals surface area contributed by atoms with E-state index in [1.807, 2.05) is 60.0 Å². The van der Waals surface area contributed by atoms with Gasteiger partial charge in [0.15, 0.2) is 0 Å². The van der Waals surface area contributed by atoms with E-state index in [1.165, 1.54) is 0 Å². The molecule has 28 heavy (non-hydrogen) atoms. The van der Waals surface area contributed by atoms with Crippen LogP contribution in [0.2, 0.25) is 5.02 Å². The monoisotopic (exact) mass is 411 g/mol. The van der Waals surface area contributed by atoms with Crippen LogP contribution >= 0.6 is 22.9 Å². The quantitative estimate of drug-likeness (QED) is 0.635. The van der Waals surface area contributed by atoms with E-state index in [0.717, 1.165) is 42.1 Å². The summed E-state index contributed by atoms with van der Waals surface area (Å²) >= 11 is 7.63. The Bertz CT molecular complexity index is 920. The first-order chi connectivity index (χ1) is 13.7. The Labute approximate surface area is 174 Å². The zero-order valence-electron chi connectivity index (χ0n) is 15.4. The molecule has 2 heterocycles. The normalized spacial score (nSPS) is 15.9. The molecule has 6 heteroatoms. The van der Waals surface area contributed by atoms with Crippen LogP contribution in [0.15, 0.2) is 60.0 Å². The Hall–Kier alpha value is -2.21. The number of nitrogens with zero attached hydrogens (tertiary/aromatic N) is 1. The number of piperidine rings is 1. The second-order valence-corrected chi connectivity index (χ2v) is 8.29. The number of rotatable bonds is 5. The van der Waals surface area contributed by atoms with Gasteiger partial charge in [-0.3, -0.25) is 4.79 Å². The maximum absolute atomic E-state index is 13.0. The first kappa shape index (κ1) is 19.1. The molecule has 2 N–H and O–H groups in total. The van der Waals surface area contributed by atoms with E-state index >= 15 is 0 Å². The van der Waals surface area contributed by atoms with Gasteiger partial charge < -0.3 is 10.6 Å². The summed E-state index contributed by atoms with van der Waals surface area (Å²) in [5.74, 6) is 0.300. The highest BCUT2D eigenvalue weighted by atomic mass is 35.5. The van der Waals surface area contributed by atoms with Gasteiger partial charge in [-0.2, -0.15) is 0 Å². The first-order valence-corrected chi connectivity index (χ1v) is 10.7. The van der Waals surface area contributed by atoms with Crippen LogP contribution in [0.3, 0.4) is 0 Å². The third-order valence-electron chi connectivity index (χ3n) is 5.05. The molecule has 2 aromatic carbocycles. The molecule has 0 spiro atoms. The van der Waals surface area contributed by atoms with Crippen LogP contribution in [0.5, 0.6) is 0 Å². The van der Waals surface area contributed by atoms with Crippen LogP contribution in [-0.2, 0) is 0 Å². The first-order valence-electron chi connectivity index (χ1n) is 9.48. The molecule has 144 valence electrons. The highest BCUT2D eigenvalue weighted by Crippen LogP contribution is 2.29. The standard InChI is InChI=1S/C22H22ClN3OS/c23-18-8-6-16(7-9-18)20(15-4-2-1-3-5-15)26-21(27)19-14-28-22(25-19)17-10-12-24-13-11-17/h1-9,14,17,20,24H,10-13H2,(H,26,27). The van der Waals surface area contributed by atoms with E-state index in [9.17, 15) is 4.79 Å². The molecule has 4 rings (SSSR count). The Morgan fingerprint density at radius 3 is 2.46 bits per heavy atom. The molecular formula is C22H22ClN3OS. The number of hydrogen-bond acceptors (Lipinski definition) is 4. The Morgan fingerprint density at radius 2 is 1.75 bits per heavy atom. The number of carbonyl (C=O) groups excluding carboxylic acids is 1. The smallest absolute Gasteiger partial charge is 0.271 e. The number of halogens is 1. The molecule has 1 aliphatic heterocycles. The largest absolute Gasteiger partial charge is 0.340 e. The van der Waals surface area contributed by atoms with Gasteiger partial charge in [-0.25, -0.2) is 4.98 Å². The van der Waals surface area contributed by atoms with Crippen molar-refractivity contribution in [2.24, 2.45) is 0 Å². The van der Waals surface area contributed by atoms with E-state index in [0.29, 0.717) is 16.6 Å². The lowest BCUT2D eigenvalue weighted by Gasteiger charge is -2.20. The zero-order valence-corrected chi connectivity index (χ0v) is 17.0. The summed E-state index contributed by atoms with van der Waals surface area (Å²) in [6.45, 7) is 2.02. The second kappa shape index (κ2) is 8.86. The van der Waals surface area contributed by atoms with E-state index < -0.39 is 0 Å². The van der Waals surface area contributed by atoms with E-state index in [1.54, 1.807) is 11.3 Å². The van der Waals surface area contributed by atoms with E-state index in [-0.39, 0.29) is 11.9 Å². The highest BCUT2D eigenvalue weighted by molar-refractivity contribution is 7.09. The third kappa shape index (κ3) is 4.43. The maximum Gasteiger partial charge on any atom is 0.271 e. The minimum absolute atomic E-state index is 0.153. The lowest BCUT2D eigenvalue weighted by molar-refractivity contribution is 0.0938. The Balaban J connectivity index is 1.55. The van der Waals surface area contributed by atoms with Crippen LogP contribution in [-0.4, -0.2) is 24.0 Å². The molecule has 1 amide bonds. The van der Waals surface area contributed by atoms with Crippen molar-refractivity contribution >= 4 is 28.8 Å². The van der Waals surface area contributed by atoms with Crippen LogP contribution < -0.4 is 10.6 Å². The zero-order chi connectivity index (χ0) is 19.3. The third-order valence-corrected chi connectivity index (χ3v) is 6.31. The van der Waals surface area contributed by atoms with Gasteiger partial charge in [-0.05, 0) is 49.2 Å². The van der Waals surface area contributed by atoms with Gasteiger partial charge in [0.1, 0.15) is 5.69 Å². The number of aromatic nitrogens is 1. The van der Waals surface area contributed by atoms with Gasteiger partial charge in [-0.1, -0.05) is 54.1 Å². The fraction of sp³-hybridized carbons (Fsp3) is 0.273. The predicted octanol–water partition coefficient (Wildman–Crippen LogP) is 4.78. The number of carbonyl (C=O) groups is 1. The number of nitrogens with one attached hydrogen (secondary N) is 2. The van der Waals surface area contributed by atoms with Gasteiger partial charge in [-0.15, -0.1) is 11.3 Å². The summed E-state index contributed by atoms with van der Waals surface area (Å²) < 4.78 is 0. The maximum atomic E-state index is 13.0. The van der Waals surface area contributed by atoms with Crippen molar-refractivity contribution in [1.82, 2.24) is 15.6 Å². The number of hydrogen-bond donors (Lipinski definition) is 2. The molecule has 3 aromatic rings. The number of benzene rings is 2. The molecule has 1 fully saturated rings. The van der Waals surface area contributed by atoms with Crippen molar-refractivity contribution in [1.29, 1.82) is 0 Å². The van der Waals surface area contributed by atoms with Gasteiger partial charge >= 0.3 is 0 Å². The van der Waals surface area contributed by atoms with Gasteiger partial charge in [0.25, 0.3) is 5.91 Å². The van der Waals surface area contributed by atoms with Crippen LogP contribution in [0.25, 0.3) is 0 Å². The lowest BCUT2D eigenvalue weighted by Crippen LogP contribution is -2.30. The molecule has 1 aliphatic rings. The van der Waals surface area contributed by atoms with Crippen LogP contribution in [0.4, 0.5) is 0 Å². The average molecular weight is 412 g/mol. The van der Waals surface area contributed by atoms with Gasteiger partial charge in [0.2, 0.25) is 0 Å². The molecule has 4 nitrogen and oxygen atoms in total. The van der Waals surface area contributed by atoms with E-state index in [4.69, 9.17) is 11.6 Å².